The molecule has 1 unspecified atom stereocenters. The number of piperazine rings is 1. The summed E-state index contributed by atoms with van der Waals surface area (Å²) < 4.78 is 41.2. The first-order chi connectivity index (χ1) is 26.6. The molecule has 7 rings (SSSR count). The van der Waals surface area contributed by atoms with Gasteiger partial charge in [0.25, 0.3) is 11.8 Å². The zero-order valence-electron chi connectivity index (χ0n) is 29.6. The van der Waals surface area contributed by atoms with Gasteiger partial charge in [-0.2, -0.15) is 4.39 Å². The van der Waals surface area contributed by atoms with Crippen molar-refractivity contribution in [1.82, 2.24) is 25.3 Å². The summed E-state index contributed by atoms with van der Waals surface area (Å²) in [4.78, 5) is 55.1. The number of piperidine rings is 1. The molecule has 0 aliphatic carbocycles. The Bertz CT molecular complexity index is 2150. The molecule has 17 heteroatoms. The van der Waals surface area contributed by atoms with Crippen LogP contribution in [-0.2, 0) is 20.9 Å². The SMILES string of the molecule is Nc1nnc(-c2ccccc2O)cc1N1CCN(Cc2ccc(OCCOCCNc3cccc4c3C(=O)N(C3CCC(=O)NC3=O)C4=O)c(F)c2F)CC1. The molecule has 15 nitrogen and oxygen atoms in total. The molecule has 4 heterocycles. The van der Waals surface area contributed by atoms with Gasteiger partial charge >= 0.3 is 0 Å². The van der Waals surface area contributed by atoms with Gasteiger partial charge in [0.2, 0.25) is 17.6 Å². The maximum absolute atomic E-state index is 15.1. The summed E-state index contributed by atoms with van der Waals surface area (Å²) in [6, 6.07) is 15.2. The second kappa shape index (κ2) is 16.0. The lowest BCUT2D eigenvalue weighted by molar-refractivity contribution is -0.136. The van der Waals surface area contributed by atoms with Gasteiger partial charge in [0.15, 0.2) is 17.4 Å². The number of nitrogens with zero attached hydrogens (tertiary/aromatic N) is 5. The number of aromatic nitrogens is 2. The van der Waals surface area contributed by atoms with Crippen molar-refractivity contribution < 1.29 is 42.5 Å². The van der Waals surface area contributed by atoms with E-state index in [1.807, 2.05) is 9.80 Å². The summed E-state index contributed by atoms with van der Waals surface area (Å²) in [5, 5.41) is 23.7. The van der Waals surface area contributed by atoms with E-state index in [1.54, 1.807) is 42.5 Å². The summed E-state index contributed by atoms with van der Waals surface area (Å²) >= 11 is 0. The first-order valence-electron chi connectivity index (χ1n) is 17.8. The van der Waals surface area contributed by atoms with Gasteiger partial charge in [-0.15, -0.1) is 10.2 Å². The summed E-state index contributed by atoms with van der Waals surface area (Å²) in [7, 11) is 0. The zero-order chi connectivity index (χ0) is 38.6. The highest BCUT2D eigenvalue weighted by Gasteiger charge is 2.45. The minimum absolute atomic E-state index is 0.0246. The summed E-state index contributed by atoms with van der Waals surface area (Å²) in [6.07, 6.45) is 0.0819. The standard InChI is InChI=1S/C38H38F2N8O7/c39-33-22(21-46-13-15-47(16-14-46)28-20-26(44-45-35(28)41)23-4-1-2-7-29(23)49)8-10-30(34(33)40)55-19-18-54-17-12-42-25-6-3-5-24-32(25)38(53)48(37(24)52)27-9-11-31(50)43-36(27)51/h1-8,10,20,27,42,49H,9,11-19,21H2,(H2,41,45)(H,43,50,51). The van der Waals surface area contributed by atoms with Crippen LogP contribution in [0.5, 0.6) is 11.5 Å². The Morgan fingerprint density at radius 1 is 0.891 bits per heavy atom. The van der Waals surface area contributed by atoms with Crippen molar-refractivity contribution in [1.29, 1.82) is 0 Å². The van der Waals surface area contributed by atoms with E-state index < -0.39 is 41.3 Å². The lowest BCUT2D eigenvalue weighted by atomic mass is 10.0. The summed E-state index contributed by atoms with van der Waals surface area (Å²) in [6.45, 7) is 2.85. The van der Waals surface area contributed by atoms with Crippen molar-refractivity contribution in [2.24, 2.45) is 0 Å². The topological polar surface area (TPSA) is 193 Å². The number of benzene rings is 3. The molecule has 3 aliphatic heterocycles. The number of imide groups is 2. The van der Waals surface area contributed by atoms with E-state index in [-0.39, 0.29) is 79.8 Å². The largest absolute Gasteiger partial charge is 0.507 e. The van der Waals surface area contributed by atoms with Crippen LogP contribution in [0.4, 0.5) is 26.0 Å². The van der Waals surface area contributed by atoms with Gasteiger partial charge in [0, 0.05) is 62.5 Å². The molecule has 55 heavy (non-hydrogen) atoms. The third-order valence-corrected chi connectivity index (χ3v) is 9.73. The Labute approximate surface area is 314 Å². The number of carbonyl (C=O) groups is 4. The first kappa shape index (κ1) is 37.1. The first-order valence-corrected chi connectivity index (χ1v) is 17.8. The molecule has 3 aliphatic rings. The Kier molecular flexibility index (Phi) is 10.8. The molecule has 0 spiro atoms. The van der Waals surface area contributed by atoms with Gasteiger partial charge in [-0.25, -0.2) is 4.39 Å². The van der Waals surface area contributed by atoms with E-state index >= 15 is 8.78 Å². The fourth-order valence-corrected chi connectivity index (χ4v) is 6.89. The quantitative estimate of drug-likeness (QED) is 0.115. The third-order valence-electron chi connectivity index (χ3n) is 9.73. The van der Waals surface area contributed by atoms with Crippen LogP contribution in [0.15, 0.2) is 60.7 Å². The van der Waals surface area contributed by atoms with E-state index in [1.165, 1.54) is 18.2 Å². The van der Waals surface area contributed by atoms with Crippen LogP contribution in [0.3, 0.4) is 0 Å². The molecular weight excluding hydrogens is 718 g/mol. The van der Waals surface area contributed by atoms with Gasteiger partial charge in [-0.1, -0.05) is 24.3 Å². The number of phenols is 1. The molecule has 3 aromatic carbocycles. The average molecular weight is 757 g/mol. The molecule has 4 aromatic rings. The predicted octanol–water partition coefficient (Wildman–Crippen LogP) is 2.94. The van der Waals surface area contributed by atoms with Gasteiger partial charge < -0.3 is 30.5 Å². The number of rotatable bonds is 13. The fraction of sp³-hybridized carbons (Fsp3) is 0.316. The maximum atomic E-state index is 15.1. The van der Waals surface area contributed by atoms with Crippen molar-refractivity contribution in [3.63, 3.8) is 0 Å². The Balaban J connectivity index is 0.851. The molecule has 1 atom stereocenters. The molecule has 2 saturated heterocycles. The number of halogens is 2. The average Bonchev–Trinajstić information content (AvgIpc) is 3.44. The highest BCUT2D eigenvalue weighted by molar-refractivity contribution is 6.25. The molecule has 0 saturated carbocycles. The number of anilines is 3. The predicted molar refractivity (Wildman–Crippen MR) is 195 cm³/mol. The number of amides is 4. The number of aromatic hydroxyl groups is 1. The number of ether oxygens (including phenoxy) is 2. The molecule has 0 bridgehead atoms. The van der Waals surface area contributed by atoms with Crippen LogP contribution < -0.4 is 26.0 Å². The Hall–Kier alpha value is -6.20. The minimum Gasteiger partial charge on any atom is -0.507 e. The summed E-state index contributed by atoms with van der Waals surface area (Å²) in [5.74, 6) is -4.34. The number of hydrogen-bond acceptors (Lipinski definition) is 13. The molecular formula is C38H38F2N8O7. The highest BCUT2D eigenvalue weighted by Crippen LogP contribution is 2.34. The lowest BCUT2D eigenvalue weighted by Crippen LogP contribution is -2.54. The van der Waals surface area contributed by atoms with Crippen LogP contribution in [-0.4, -0.2) is 107 Å². The van der Waals surface area contributed by atoms with Crippen molar-refractivity contribution in [2.75, 3.05) is 68.5 Å². The zero-order valence-corrected chi connectivity index (χ0v) is 29.6. The van der Waals surface area contributed by atoms with E-state index in [0.717, 1.165) is 4.90 Å². The van der Waals surface area contributed by atoms with Gasteiger partial charge in [0.1, 0.15) is 18.4 Å². The van der Waals surface area contributed by atoms with Crippen LogP contribution in [0.25, 0.3) is 11.3 Å². The van der Waals surface area contributed by atoms with Crippen LogP contribution in [0, 0.1) is 11.6 Å². The lowest BCUT2D eigenvalue weighted by Gasteiger charge is -2.36. The number of fused-ring (bicyclic) bond motifs is 1. The second-order valence-corrected chi connectivity index (χ2v) is 13.2. The van der Waals surface area contributed by atoms with Crippen molar-refractivity contribution in [2.45, 2.75) is 25.4 Å². The van der Waals surface area contributed by atoms with E-state index in [9.17, 15) is 24.3 Å². The van der Waals surface area contributed by atoms with Crippen LogP contribution in [0.1, 0.15) is 39.1 Å². The number of hydrogen-bond donors (Lipinski definition) is 4. The van der Waals surface area contributed by atoms with Crippen LogP contribution in [0.2, 0.25) is 0 Å². The van der Waals surface area contributed by atoms with Gasteiger partial charge in [0.05, 0.1) is 35.7 Å². The van der Waals surface area contributed by atoms with E-state index in [2.05, 4.69) is 20.8 Å². The number of carbonyl (C=O) groups excluding carboxylic acids is 4. The molecule has 1 aromatic heterocycles. The molecule has 0 radical (unpaired) electrons. The monoisotopic (exact) mass is 756 g/mol. The molecule has 4 amide bonds. The smallest absolute Gasteiger partial charge is 0.264 e. The molecule has 286 valence electrons. The van der Waals surface area contributed by atoms with E-state index in [0.29, 0.717) is 48.8 Å². The van der Waals surface area contributed by atoms with Gasteiger partial charge in [-0.3, -0.25) is 34.3 Å². The number of nitrogens with one attached hydrogen (secondary N) is 2. The number of nitrogen functional groups attached to an aromatic ring is 1. The van der Waals surface area contributed by atoms with Crippen molar-refractivity contribution in [3.05, 3.63) is 89.0 Å². The number of para-hydroxylation sites is 1. The molecule has 5 N–H and O–H groups in total. The Morgan fingerprint density at radius 2 is 1.67 bits per heavy atom. The van der Waals surface area contributed by atoms with Crippen LogP contribution >= 0.6 is 0 Å². The Morgan fingerprint density at radius 3 is 2.45 bits per heavy atom. The molecule has 2 fully saturated rings. The normalized spacial score (nSPS) is 17.4. The highest BCUT2D eigenvalue weighted by atomic mass is 19.2. The van der Waals surface area contributed by atoms with Gasteiger partial charge in [-0.05, 0) is 42.8 Å². The number of nitrogens with two attached hydrogens (primary N) is 1. The summed E-state index contributed by atoms with van der Waals surface area (Å²) in [5.41, 5.74) is 8.72. The third kappa shape index (κ3) is 7.74. The van der Waals surface area contributed by atoms with Crippen molar-refractivity contribution >= 4 is 40.8 Å². The number of phenolic OH excluding ortho intramolecular Hbond substituents is 1. The second-order valence-electron chi connectivity index (χ2n) is 13.2. The maximum Gasteiger partial charge on any atom is 0.264 e. The minimum atomic E-state index is -1.09. The fourth-order valence-electron chi connectivity index (χ4n) is 6.89. The van der Waals surface area contributed by atoms with E-state index in [4.69, 9.17) is 15.2 Å². The van der Waals surface area contributed by atoms with Crippen molar-refractivity contribution in [3.8, 4) is 22.8 Å².